The average Bonchev–Trinajstić information content (AvgIpc) is 2.19. The van der Waals surface area contributed by atoms with Gasteiger partial charge in [-0.05, 0) is 36.6 Å². The number of ether oxygens (including phenoxy) is 1. The summed E-state index contributed by atoms with van der Waals surface area (Å²) < 4.78 is 5.62. The molecule has 0 unspecified atom stereocenters. The molecular formula is C12H16OS. The normalized spacial score (nSPS) is 9.93. The Bertz CT molecular complexity index is 331. The monoisotopic (exact) mass is 208 g/mol. The SMILES string of the molecule is C=C(CS)COc1cc(C)ccc1C. The van der Waals surface area contributed by atoms with Gasteiger partial charge >= 0.3 is 0 Å². The van der Waals surface area contributed by atoms with Crippen LogP contribution in [0.2, 0.25) is 0 Å². The Labute approximate surface area is 91.2 Å². The minimum atomic E-state index is 0.549. The van der Waals surface area contributed by atoms with E-state index in [4.69, 9.17) is 4.74 Å². The van der Waals surface area contributed by atoms with E-state index in [0.29, 0.717) is 12.4 Å². The van der Waals surface area contributed by atoms with Crippen LogP contribution in [-0.4, -0.2) is 12.4 Å². The Morgan fingerprint density at radius 1 is 1.43 bits per heavy atom. The molecule has 0 saturated carbocycles. The van der Waals surface area contributed by atoms with Crippen LogP contribution in [-0.2, 0) is 0 Å². The lowest BCUT2D eigenvalue weighted by molar-refractivity contribution is 0.350. The molecule has 0 amide bonds. The van der Waals surface area contributed by atoms with E-state index >= 15 is 0 Å². The van der Waals surface area contributed by atoms with E-state index in [9.17, 15) is 0 Å². The summed E-state index contributed by atoms with van der Waals surface area (Å²) in [5.41, 5.74) is 3.36. The molecule has 0 aromatic heterocycles. The van der Waals surface area contributed by atoms with Crippen molar-refractivity contribution in [2.75, 3.05) is 12.4 Å². The van der Waals surface area contributed by atoms with E-state index in [-0.39, 0.29) is 0 Å². The summed E-state index contributed by atoms with van der Waals surface area (Å²) in [5.74, 6) is 1.61. The molecular weight excluding hydrogens is 192 g/mol. The Morgan fingerprint density at radius 3 is 2.79 bits per heavy atom. The predicted molar refractivity (Wildman–Crippen MR) is 64.4 cm³/mol. The van der Waals surface area contributed by atoms with Crippen LogP contribution >= 0.6 is 12.6 Å². The van der Waals surface area contributed by atoms with Crippen LogP contribution in [0.1, 0.15) is 11.1 Å². The van der Waals surface area contributed by atoms with Crippen molar-refractivity contribution in [2.24, 2.45) is 0 Å². The van der Waals surface area contributed by atoms with Crippen molar-refractivity contribution in [3.63, 3.8) is 0 Å². The first kappa shape index (κ1) is 11.2. The van der Waals surface area contributed by atoms with Crippen molar-refractivity contribution < 1.29 is 4.74 Å². The van der Waals surface area contributed by atoms with Gasteiger partial charge in [-0.2, -0.15) is 12.6 Å². The van der Waals surface area contributed by atoms with Crippen LogP contribution in [0.3, 0.4) is 0 Å². The molecule has 0 aliphatic carbocycles. The van der Waals surface area contributed by atoms with Crippen molar-refractivity contribution in [3.05, 3.63) is 41.5 Å². The van der Waals surface area contributed by atoms with E-state index < -0.39 is 0 Å². The molecule has 0 N–H and O–H groups in total. The molecule has 0 heterocycles. The van der Waals surface area contributed by atoms with Gasteiger partial charge in [-0.1, -0.05) is 18.7 Å². The van der Waals surface area contributed by atoms with Crippen LogP contribution in [0, 0.1) is 13.8 Å². The maximum absolute atomic E-state index is 5.62. The minimum Gasteiger partial charge on any atom is -0.489 e. The van der Waals surface area contributed by atoms with Gasteiger partial charge in [0.05, 0.1) is 0 Å². The van der Waals surface area contributed by atoms with Gasteiger partial charge in [0, 0.05) is 5.75 Å². The summed E-state index contributed by atoms with van der Waals surface area (Å²) in [5, 5.41) is 0. The molecule has 0 saturated heterocycles. The van der Waals surface area contributed by atoms with E-state index in [1.54, 1.807) is 0 Å². The summed E-state index contributed by atoms with van der Waals surface area (Å²) in [7, 11) is 0. The van der Waals surface area contributed by atoms with Crippen LogP contribution in [0.4, 0.5) is 0 Å². The summed E-state index contributed by atoms with van der Waals surface area (Å²) in [4.78, 5) is 0. The fourth-order valence-corrected chi connectivity index (χ4v) is 1.18. The lowest BCUT2D eigenvalue weighted by Gasteiger charge is -2.10. The zero-order chi connectivity index (χ0) is 10.6. The van der Waals surface area contributed by atoms with Crippen molar-refractivity contribution in [1.82, 2.24) is 0 Å². The molecule has 0 bridgehead atoms. The summed E-state index contributed by atoms with van der Waals surface area (Å²) in [6.45, 7) is 8.48. The van der Waals surface area contributed by atoms with Gasteiger partial charge in [0.15, 0.2) is 0 Å². The first-order chi connectivity index (χ1) is 6.63. The molecule has 0 radical (unpaired) electrons. The maximum atomic E-state index is 5.62. The molecule has 1 nitrogen and oxygen atoms in total. The third kappa shape index (κ3) is 3.11. The van der Waals surface area contributed by atoms with E-state index in [0.717, 1.165) is 16.9 Å². The van der Waals surface area contributed by atoms with Crippen LogP contribution in [0.25, 0.3) is 0 Å². The first-order valence-electron chi connectivity index (χ1n) is 4.61. The van der Waals surface area contributed by atoms with Crippen molar-refractivity contribution in [3.8, 4) is 5.75 Å². The summed E-state index contributed by atoms with van der Waals surface area (Å²) in [6.07, 6.45) is 0. The number of hydrogen-bond acceptors (Lipinski definition) is 2. The second-order valence-electron chi connectivity index (χ2n) is 3.47. The average molecular weight is 208 g/mol. The van der Waals surface area contributed by atoms with Gasteiger partial charge < -0.3 is 4.74 Å². The smallest absolute Gasteiger partial charge is 0.122 e. The number of hydrogen-bond donors (Lipinski definition) is 1. The number of thiol groups is 1. The maximum Gasteiger partial charge on any atom is 0.122 e. The molecule has 0 aliphatic heterocycles. The third-order valence-corrected chi connectivity index (χ3v) is 2.45. The molecule has 1 aromatic carbocycles. The zero-order valence-corrected chi connectivity index (χ0v) is 9.60. The van der Waals surface area contributed by atoms with Crippen LogP contribution in [0.15, 0.2) is 30.4 Å². The standard InChI is InChI=1S/C12H16OS/c1-9-4-5-11(3)12(6-9)13-7-10(2)8-14/h4-6,14H,2,7-8H2,1,3H3. The van der Waals surface area contributed by atoms with Crippen molar-refractivity contribution in [1.29, 1.82) is 0 Å². The van der Waals surface area contributed by atoms with E-state index in [1.807, 2.05) is 13.0 Å². The van der Waals surface area contributed by atoms with Gasteiger partial charge in [-0.15, -0.1) is 0 Å². The lowest BCUT2D eigenvalue weighted by Crippen LogP contribution is -2.02. The van der Waals surface area contributed by atoms with Gasteiger partial charge in [-0.25, -0.2) is 0 Å². The molecule has 14 heavy (non-hydrogen) atoms. The second-order valence-corrected chi connectivity index (χ2v) is 3.78. The van der Waals surface area contributed by atoms with Gasteiger partial charge in [0.1, 0.15) is 12.4 Å². The molecule has 0 atom stereocenters. The van der Waals surface area contributed by atoms with E-state index in [1.165, 1.54) is 5.56 Å². The highest BCUT2D eigenvalue weighted by atomic mass is 32.1. The molecule has 2 heteroatoms. The zero-order valence-electron chi connectivity index (χ0n) is 8.71. The van der Waals surface area contributed by atoms with Crippen molar-refractivity contribution >= 4 is 12.6 Å². The van der Waals surface area contributed by atoms with Crippen molar-refractivity contribution in [2.45, 2.75) is 13.8 Å². The Balaban J connectivity index is 2.66. The molecule has 1 rings (SSSR count). The highest BCUT2D eigenvalue weighted by Crippen LogP contribution is 2.19. The summed E-state index contributed by atoms with van der Waals surface area (Å²) in [6, 6.07) is 6.19. The first-order valence-corrected chi connectivity index (χ1v) is 5.24. The van der Waals surface area contributed by atoms with E-state index in [2.05, 4.69) is 38.3 Å². The highest BCUT2D eigenvalue weighted by Gasteiger charge is 2.00. The molecule has 0 spiro atoms. The predicted octanol–water partition coefficient (Wildman–Crippen LogP) is 3.17. The highest BCUT2D eigenvalue weighted by molar-refractivity contribution is 7.80. The second kappa shape index (κ2) is 5.11. The Morgan fingerprint density at radius 2 is 2.14 bits per heavy atom. The molecule has 0 aliphatic rings. The molecule has 76 valence electrons. The van der Waals surface area contributed by atoms with Crippen LogP contribution < -0.4 is 4.74 Å². The van der Waals surface area contributed by atoms with Crippen LogP contribution in [0.5, 0.6) is 5.75 Å². The fourth-order valence-electron chi connectivity index (χ4n) is 1.09. The largest absolute Gasteiger partial charge is 0.489 e. The fraction of sp³-hybridized carbons (Fsp3) is 0.333. The third-order valence-electron chi connectivity index (χ3n) is 2.00. The number of aryl methyl sites for hydroxylation is 2. The van der Waals surface area contributed by atoms with Gasteiger partial charge in [-0.3, -0.25) is 0 Å². The van der Waals surface area contributed by atoms with Gasteiger partial charge in [0.2, 0.25) is 0 Å². The lowest BCUT2D eigenvalue weighted by atomic mass is 10.1. The Hall–Kier alpha value is -0.890. The number of benzene rings is 1. The Kier molecular flexibility index (Phi) is 4.08. The molecule has 0 fully saturated rings. The number of rotatable bonds is 4. The van der Waals surface area contributed by atoms with Gasteiger partial charge in [0.25, 0.3) is 0 Å². The molecule has 1 aromatic rings. The topological polar surface area (TPSA) is 9.23 Å². The summed E-state index contributed by atoms with van der Waals surface area (Å²) >= 11 is 4.13. The quantitative estimate of drug-likeness (QED) is 0.590. The minimum absolute atomic E-state index is 0.549.